The van der Waals surface area contributed by atoms with E-state index >= 15 is 0 Å². The highest BCUT2D eigenvalue weighted by atomic mass is 16.4. The summed E-state index contributed by atoms with van der Waals surface area (Å²) in [4.78, 5) is 14.7. The molecule has 4 nitrogen and oxygen atoms in total. The van der Waals surface area contributed by atoms with Gasteiger partial charge in [-0.25, -0.2) is 4.79 Å². The number of hydrogen-bond donors (Lipinski definition) is 1. The van der Waals surface area contributed by atoms with E-state index in [1.807, 2.05) is 18.2 Å². The molecule has 0 saturated carbocycles. The molecule has 0 atom stereocenters. The molecule has 1 aliphatic heterocycles. The molecule has 4 heteroatoms. The molecule has 0 spiro atoms. The lowest BCUT2D eigenvalue weighted by molar-refractivity contribution is 0.458. The number of anilines is 1. The van der Waals surface area contributed by atoms with E-state index in [-0.39, 0.29) is 5.75 Å². The van der Waals surface area contributed by atoms with Crippen molar-refractivity contribution in [2.75, 3.05) is 18.0 Å². The molecule has 0 saturated heterocycles. The molecule has 4 rings (SSSR count). The van der Waals surface area contributed by atoms with Crippen LogP contribution in [0.25, 0.3) is 11.0 Å². The number of hydrogen-bond acceptors (Lipinski definition) is 4. The van der Waals surface area contributed by atoms with Crippen LogP contribution in [0.3, 0.4) is 0 Å². The van der Waals surface area contributed by atoms with E-state index in [4.69, 9.17) is 4.42 Å². The normalized spacial score (nSPS) is 13.5. The van der Waals surface area contributed by atoms with Crippen molar-refractivity contribution in [3.8, 4) is 5.75 Å². The number of aromatic hydroxyl groups is 1. The molecule has 1 aliphatic rings. The van der Waals surface area contributed by atoms with E-state index in [0.29, 0.717) is 23.0 Å². The maximum Gasteiger partial charge on any atom is 0.343 e. The Morgan fingerprint density at radius 1 is 1.17 bits per heavy atom. The second-order valence-electron chi connectivity index (χ2n) is 6.13. The van der Waals surface area contributed by atoms with Gasteiger partial charge in [-0.2, -0.15) is 0 Å². The fourth-order valence-electron chi connectivity index (χ4n) is 3.59. The van der Waals surface area contributed by atoms with Gasteiger partial charge in [0.25, 0.3) is 0 Å². The van der Waals surface area contributed by atoms with Crippen molar-refractivity contribution < 1.29 is 9.52 Å². The van der Waals surface area contributed by atoms with Gasteiger partial charge < -0.3 is 14.4 Å². The van der Waals surface area contributed by atoms with Crippen LogP contribution in [0.2, 0.25) is 0 Å². The van der Waals surface area contributed by atoms with Crippen molar-refractivity contribution in [1.29, 1.82) is 0 Å². The van der Waals surface area contributed by atoms with Crippen molar-refractivity contribution >= 4 is 16.7 Å². The highest BCUT2D eigenvalue weighted by Gasteiger charge is 2.22. The summed E-state index contributed by atoms with van der Waals surface area (Å²) < 4.78 is 5.38. The number of rotatable bonds is 3. The van der Waals surface area contributed by atoms with Gasteiger partial charge in [0.1, 0.15) is 11.3 Å². The largest absolute Gasteiger partial charge is 0.507 e. The third kappa shape index (κ3) is 2.26. The molecule has 1 aromatic heterocycles. The zero-order valence-electron chi connectivity index (χ0n) is 13.6. The average Bonchev–Trinajstić information content (AvgIpc) is 3.02. The van der Waals surface area contributed by atoms with Crippen LogP contribution >= 0.6 is 0 Å². The number of benzene rings is 2. The minimum atomic E-state index is -0.464. The fourth-order valence-corrected chi connectivity index (χ4v) is 3.59. The van der Waals surface area contributed by atoms with E-state index in [2.05, 4.69) is 17.9 Å². The fraction of sp³-hybridized carbons (Fsp3) is 0.250. The summed E-state index contributed by atoms with van der Waals surface area (Å²) in [5.41, 5.74) is 3.87. The third-order valence-electron chi connectivity index (χ3n) is 4.85. The lowest BCUT2D eigenvalue weighted by Crippen LogP contribution is -2.18. The summed E-state index contributed by atoms with van der Waals surface area (Å²) >= 11 is 0. The monoisotopic (exact) mass is 321 g/mol. The molecule has 0 fully saturated rings. The maximum atomic E-state index is 12.3. The molecule has 1 N–H and O–H groups in total. The first-order valence-corrected chi connectivity index (χ1v) is 8.28. The molecule has 2 heterocycles. The molecule has 3 aromatic rings. The van der Waals surface area contributed by atoms with Gasteiger partial charge in [0.05, 0.1) is 10.9 Å². The van der Waals surface area contributed by atoms with Gasteiger partial charge in [-0.3, -0.25) is 0 Å². The van der Waals surface area contributed by atoms with E-state index in [1.165, 1.54) is 11.3 Å². The van der Waals surface area contributed by atoms with Crippen molar-refractivity contribution in [3.63, 3.8) is 0 Å². The van der Waals surface area contributed by atoms with E-state index in [0.717, 1.165) is 25.1 Å². The summed E-state index contributed by atoms with van der Waals surface area (Å²) in [5, 5.41) is 11.1. The van der Waals surface area contributed by atoms with Crippen molar-refractivity contribution in [3.05, 3.63) is 69.6 Å². The average molecular weight is 321 g/mol. The molecule has 24 heavy (non-hydrogen) atoms. The number of fused-ring (bicyclic) bond motifs is 2. The zero-order valence-corrected chi connectivity index (χ0v) is 13.6. The van der Waals surface area contributed by atoms with Crippen LogP contribution in [0, 0.1) is 0 Å². The van der Waals surface area contributed by atoms with Gasteiger partial charge in [0, 0.05) is 25.2 Å². The molecule has 122 valence electrons. The van der Waals surface area contributed by atoms with Crippen LogP contribution in [0.15, 0.2) is 51.7 Å². The van der Waals surface area contributed by atoms with Crippen molar-refractivity contribution in [2.45, 2.75) is 19.8 Å². The van der Waals surface area contributed by atoms with Crippen LogP contribution in [0.1, 0.15) is 23.6 Å². The molecular weight excluding hydrogens is 302 g/mol. The molecule has 0 amide bonds. The highest BCUT2D eigenvalue weighted by Crippen LogP contribution is 2.33. The molecule has 0 radical (unpaired) electrons. The van der Waals surface area contributed by atoms with Crippen LogP contribution in [0.5, 0.6) is 5.75 Å². The molecular formula is C20H19NO3. The lowest BCUT2D eigenvalue weighted by Gasteiger charge is -2.17. The first kappa shape index (κ1) is 14.8. The summed E-state index contributed by atoms with van der Waals surface area (Å²) in [6.07, 6.45) is 1.36. The molecule has 2 aromatic carbocycles. The third-order valence-corrected chi connectivity index (χ3v) is 4.85. The smallest absolute Gasteiger partial charge is 0.343 e. The highest BCUT2D eigenvalue weighted by molar-refractivity contribution is 5.84. The van der Waals surface area contributed by atoms with Crippen LogP contribution < -0.4 is 10.5 Å². The number of para-hydroxylation sites is 1. The predicted molar refractivity (Wildman–Crippen MR) is 95.0 cm³/mol. The Hall–Kier alpha value is -2.75. The summed E-state index contributed by atoms with van der Waals surface area (Å²) in [5.74, 6) is 0.0322. The Kier molecular flexibility index (Phi) is 3.53. The van der Waals surface area contributed by atoms with Gasteiger partial charge in [0.15, 0.2) is 0 Å². The van der Waals surface area contributed by atoms with E-state index in [9.17, 15) is 9.90 Å². The minimum absolute atomic E-state index is 0.0322. The Bertz CT molecular complexity index is 974. The van der Waals surface area contributed by atoms with Gasteiger partial charge >= 0.3 is 5.63 Å². The minimum Gasteiger partial charge on any atom is -0.507 e. The summed E-state index contributed by atoms with van der Waals surface area (Å²) in [7, 11) is 0. The Balaban J connectivity index is 1.82. The van der Waals surface area contributed by atoms with E-state index < -0.39 is 5.63 Å². The van der Waals surface area contributed by atoms with E-state index in [1.54, 1.807) is 18.2 Å². The van der Waals surface area contributed by atoms with Gasteiger partial charge in [0.2, 0.25) is 0 Å². The second-order valence-corrected chi connectivity index (χ2v) is 6.13. The molecule has 0 unspecified atom stereocenters. The Morgan fingerprint density at radius 2 is 2.00 bits per heavy atom. The Labute approximate surface area is 140 Å². The second kappa shape index (κ2) is 5.71. The predicted octanol–water partition coefficient (Wildman–Crippen LogP) is 3.47. The lowest BCUT2D eigenvalue weighted by atomic mass is 9.97. The Morgan fingerprint density at radius 3 is 2.83 bits per heavy atom. The van der Waals surface area contributed by atoms with Gasteiger partial charge in [-0.1, -0.05) is 24.3 Å². The topological polar surface area (TPSA) is 53.7 Å². The van der Waals surface area contributed by atoms with Crippen molar-refractivity contribution in [1.82, 2.24) is 0 Å². The standard InChI is InChI=1S/C20H19NO3/c1-2-21-11-10-14-13(6-5-8-17(14)21)12-16-19(22)15-7-3-4-9-18(15)24-20(16)23/h3-9,22H,2,10-12H2,1H3. The van der Waals surface area contributed by atoms with Crippen LogP contribution in [0.4, 0.5) is 5.69 Å². The first-order valence-electron chi connectivity index (χ1n) is 8.28. The summed E-state index contributed by atoms with van der Waals surface area (Å²) in [6, 6.07) is 13.2. The quantitative estimate of drug-likeness (QED) is 0.751. The number of likely N-dealkylation sites (N-methyl/N-ethyl adjacent to an activating group) is 1. The first-order chi connectivity index (χ1) is 11.7. The zero-order chi connectivity index (χ0) is 16.7. The SMILES string of the molecule is CCN1CCc2c(Cc3c(O)c4ccccc4oc3=O)cccc21. The van der Waals surface area contributed by atoms with Crippen LogP contribution in [-0.2, 0) is 12.8 Å². The maximum absolute atomic E-state index is 12.3. The molecule has 0 bridgehead atoms. The molecule has 0 aliphatic carbocycles. The van der Waals surface area contributed by atoms with Crippen LogP contribution in [-0.4, -0.2) is 18.2 Å². The van der Waals surface area contributed by atoms with Crippen molar-refractivity contribution in [2.24, 2.45) is 0 Å². The summed E-state index contributed by atoms with van der Waals surface area (Å²) in [6.45, 7) is 4.12. The van der Waals surface area contributed by atoms with Gasteiger partial charge in [-0.05, 0) is 42.7 Å². The van der Waals surface area contributed by atoms with Gasteiger partial charge in [-0.15, -0.1) is 0 Å². The number of nitrogens with zero attached hydrogens (tertiary/aromatic N) is 1.